The van der Waals surface area contributed by atoms with Crippen LogP contribution in [-0.2, 0) is 5.41 Å². The van der Waals surface area contributed by atoms with Crippen LogP contribution in [0.2, 0.25) is 0 Å². The summed E-state index contributed by atoms with van der Waals surface area (Å²) in [5.41, 5.74) is 2.61. The summed E-state index contributed by atoms with van der Waals surface area (Å²) in [6, 6.07) is 14.5. The SMILES string of the molecule is CC(C)(C)c1ccc(/C=N\n2c(-c3ccccc3F)n[nH]c2=S)cc1. The van der Waals surface area contributed by atoms with E-state index in [1.54, 1.807) is 24.4 Å². The minimum Gasteiger partial charge on any atom is -0.250 e. The summed E-state index contributed by atoms with van der Waals surface area (Å²) >= 11 is 5.21. The summed E-state index contributed by atoms with van der Waals surface area (Å²) in [5.74, 6) is -0.0341. The smallest absolute Gasteiger partial charge is 0.216 e. The van der Waals surface area contributed by atoms with Crippen molar-refractivity contribution in [3.8, 4) is 11.4 Å². The Kier molecular flexibility index (Phi) is 4.63. The molecule has 0 saturated carbocycles. The lowest BCUT2D eigenvalue weighted by Gasteiger charge is -2.18. The van der Waals surface area contributed by atoms with Crippen LogP contribution in [0, 0.1) is 10.6 Å². The molecule has 0 amide bonds. The third-order valence-corrected chi connectivity index (χ3v) is 4.13. The second-order valence-corrected chi connectivity index (χ2v) is 7.15. The Bertz CT molecular complexity index is 962. The van der Waals surface area contributed by atoms with Gasteiger partial charge in [-0.25, -0.2) is 9.49 Å². The van der Waals surface area contributed by atoms with Crippen molar-refractivity contribution in [2.45, 2.75) is 26.2 Å². The Morgan fingerprint density at radius 2 is 1.80 bits per heavy atom. The van der Waals surface area contributed by atoms with Crippen LogP contribution in [0.3, 0.4) is 0 Å². The summed E-state index contributed by atoms with van der Waals surface area (Å²) in [4.78, 5) is 0. The van der Waals surface area contributed by atoms with Gasteiger partial charge in [0.1, 0.15) is 5.82 Å². The standard InChI is InChI=1S/C19H19FN4S/c1-19(2,3)14-10-8-13(9-11-14)12-21-24-17(22-23-18(24)25)15-6-4-5-7-16(15)20/h4-12H,1-3H3,(H,23,25)/b21-12-. The first-order chi connectivity index (χ1) is 11.9. The lowest BCUT2D eigenvalue weighted by Crippen LogP contribution is -2.10. The number of nitrogens with one attached hydrogen (secondary N) is 1. The highest BCUT2D eigenvalue weighted by atomic mass is 32.1. The van der Waals surface area contributed by atoms with Gasteiger partial charge < -0.3 is 0 Å². The van der Waals surface area contributed by atoms with Gasteiger partial charge in [-0.15, -0.1) is 0 Å². The maximum Gasteiger partial charge on any atom is 0.216 e. The first-order valence-electron chi connectivity index (χ1n) is 7.93. The van der Waals surface area contributed by atoms with Crippen molar-refractivity contribution in [3.05, 3.63) is 70.2 Å². The van der Waals surface area contributed by atoms with E-state index in [0.29, 0.717) is 16.2 Å². The highest BCUT2D eigenvalue weighted by Gasteiger charge is 2.13. The predicted octanol–water partition coefficient (Wildman–Crippen LogP) is 4.93. The molecule has 0 saturated heterocycles. The molecule has 0 aliphatic rings. The molecular weight excluding hydrogens is 335 g/mol. The largest absolute Gasteiger partial charge is 0.250 e. The zero-order valence-corrected chi connectivity index (χ0v) is 15.1. The molecule has 0 spiro atoms. The van der Waals surface area contributed by atoms with Crippen LogP contribution in [-0.4, -0.2) is 21.1 Å². The molecule has 0 atom stereocenters. The van der Waals surface area contributed by atoms with Gasteiger partial charge in [0, 0.05) is 0 Å². The number of halogens is 1. The molecule has 6 heteroatoms. The maximum absolute atomic E-state index is 14.0. The molecule has 0 radical (unpaired) electrons. The monoisotopic (exact) mass is 354 g/mol. The summed E-state index contributed by atoms with van der Waals surface area (Å²) in [6.07, 6.45) is 1.68. The van der Waals surface area contributed by atoms with Crippen LogP contribution < -0.4 is 0 Å². The molecule has 4 nitrogen and oxygen atoms in total. The van der Waals surface area contributed by atoms with E-state index >= 15 is 0 Å². The molecule has 0 unspecified atom stereocenters. The van der Waals surface area contributed by atoms with E-state index in [2.05, 4.69) is 48.2 Å². The van der Waals surface area contributed by atoms with E-state index in [-0.39, 0.29) is 11.2 Å². The van der Waals surface area contributed by atoms with E-state index in [4.69, 9.17) is 12.2 Å². The molecule has 0 aliphatic carbocycles. The Morgan fingerprint density at radius 1 is 1.12 bits per heavy atom. The van der Waals surface area contributed by atoms with E-state index in [0.717, 1.165) is 5.56 Å². The van der Waals surface area contributed by atoms with Gasteiger partial charge in [0.25, 0.3) is 0 Å². The second kappa shape index (κ2) is 6.72. The van der Waals surface area contributed by atoms with Crippen LogP contribution in [0.15, 0.2) is 53.6 Å². The van der Waals surface area contributed by atoms with Crippen LogP contribution in [0.4, 0.5) is 4.39 Å². The Hall–Kier alpha value is -2.60. The van der Waals surface area contributed by atoms with E-state index in [1.165, 1.54) is 16.3 Å². The molecule has 3 rings (SSSR count). The lowest BCUT2D eigenvalue weighted by molar-refractivity contribution is 0.590. The third-order valence-electron chi connectivity index (χ3n) is 3.86. The average Bonchev–Trinajstić information content (AvgIpc) is 2.93. The highest BCUT2D eigenvalue weighted by Crippen LogP contribution is 2.22. The fourth-order valence-electron chi connectivity index (χ4n) is 2.41. The highest BCUT2D eigenvalue weighted by molar-refractivity contribution is 7.71. The number of aromatic amines is 1. The molecule has 3 aromatic rings. The van der Waals surface area contributed by atoms with Crippen LogP contribution >= 0.6 is 12.2 Å². The quantitative estimate of drug-likeness (QED) is 0.536. The predicted molar refractivity (Wildman–Crippen MR) is 101 cm³/mol. The maximum atomic E-state index is 14.0. The number of hydrogen-bond donors (Lipinski definition) is 1. The summed E-state index contributed by atoms with van der Waals surface area (Å²) < 4.78 is 15.8. The van der Waals surface area contributed by atoms with E-state index in [9.17, 15) is 4.39 Å². The molecular formula is C19H19FN4S. The summed E-state index contributed by atoms with van der Waals surface area (Å²) in [6.45, 7) is 6.50. The van der Waals surface area contributed by atoms with E-state index in [1.807, 2.05) is 12.1 Å². The summed E-state index contributed by atoms with van der Waals surface area (Å²) in [7, 11) is 0. The fourth-order valence-corrected chi connectivity index (χ4v) is 2.59. The topological polar surface area (TPSA) is 46.0 Å². The van der Waals surface area contributed by atoms with Crippen molar-refractivity contribution in [2.24, 2.45) is 5.10 Å². The summed E-state index contributed by atoms with van der Waals surface area (Å²) in [5, 5.41) is 11.1. The molecule has 0 fully saturated rings. The van der Waals surface area contributed by atoms with Gasteiger partial charge in [-0.2, -0.15) is 14.9 Å². The van der Waals surface area contributed by atoms with Gasteiger partial charge in [0.05, 0.1) is 11.8 Å². The number of rotatable bonds is 3. The third kappa shape index (κ3) is 3.74. The minimum atomic E-state index is -0.373. The van der Waals surface area contributed by atoms with Crippen molar-refractivity contribution in [2.75, 3.05) is 0 Å². The lowest BCUT2D eigenvalue weighted by atomic mass is 9.87. The second-order valence-electron chi connectivity index (χ2n) is 6.76. The normalized spacial score (nSPS) is 12.0. The van der Waals surface area contributed by atoms with Gasteiger partial charge >= 0.3 is 0 Å². The van der Waals surface area contributed by atoms with Crippen LogP contribution in [0.25, 0.3) is 11.4 Å². The van der Waals surface area contributed by atoms with E-state index < -0.39 is 0 Å². The zero-order valence-electron chi connectivity index (χ0n) is 14.3. The molecule has 25 heavy (non-hydrogen) atoms. The van der Waals surface area contributed by atoms with Crippen molar-refractivity contribution in [1.82, 2.24) is 14.9 Å². The molecule has 128 valence electrons. The first kappa shape index (κ1) is 17.2. The van der Waals surface area contributed by atoms with Gasteiger partial charge in [-0.1, -0.05) is 57.2 Å². The molecule has 1 heterocycles. The van der Waals surface area contributed by atoms with Gasteiger partial charge in [0.15, 0.2) is 5.82 Å². The zero-order chi connectivity index (χ0) is 18.0. The number of benzene rings is 2. The molecule has 2 aromatic carbocycles. The number of nitrogens with zero attached hydrogens (tertiary/aromatic N) is 3. The number of H-pyrrole nitrogens is 1. The molecule has 0 bridgehead atoms. The molecule has 1 aromatic heterocycles. The minimum absolute atomic E-state index is 0.0980. The Labute approximate surface area is 151 Å². The average molecular weight is 354 g/mol. The van der Waals surface area contributed by atoms with Gasteiger partial charge in [-0.3, -0.25) is 0 Å². The molecule has 1 N–H and O–H groups in total. The van der Waals surface area contributed by atoms with Crippen molar-refractivity contribution in [1.29, 1.82) is 0 Å². The first-order valence-corrected chi connectivity index (χ1v) is 8.34. The van der Waals surface area contributed by atoms with Crippen LogP contribution in [0.1, 0.15) is 31.9 Å². The van der Waals surface area contributed by atoms with Gasteiger partial charge in [0.2, 0.25) is 4.77 Å². The van der Waals surface area contributed by atoms with Crippen molar-refractivity contribution < 1.29 is 4.39 Å². The van der Waals surface area contributed by atoms with Crippen molar-refractivity contribution in [3.63, 3.8) is 0 Å². The van der Waals surface area contributed by atoms with Crippen LogP contribution in [0.5, 0.6) is 0 Å². The Morgan fingerprint density at radius 3 is 2.44 bits per heavy atom. The number of aromatic nitrogens is 3. The van der Waals surface area contributed by atoms with Gasteiger partial charge in [-0.05, 0) is 40.9 Å². The van der Waals surface area contributed by atoms with Crippen molar-refractivity contribution >= 4 is 18.4 Å². The molecule has 0 aliphatic heterocycles. The Balaban J connectivity index is 1.94. The fraction of sp³-hybridized carbons (Fsp3) is 0.211. The number of hydrogen-bond acceptors (Lipinski definition) is 3.